The second-order valence-corrected chi connectivity index (χ2v) is 4.68. The van der Waals surface area contributed by atoms with Gasteiger partial charge in [-0.3, -0.25) is 4.79 Å². The van der Waals surface area contributed by atoms with Gasteiger partial charge in [0.2, 0.25) is 5.91 Å². The van der Waals surface area contributed by atoms with Gasteiger partial charge in [0.05, 0.1) is 5.41 Å². The van der Waals surface area contributed by atoms with E-state index in [0.29, 0.717) is 6.54 Å². The van der Waals surface area contributed by atoms with Crippen LogP contribution in [0.15, 0.2) is 12.2 Å². The molecule has 1 aliphatic rings. The highest BCUT2D eigenvalue weighted by Crippen LogP contribution is 2.31. The van der Waals surface area contributed by atoms with Crippen molar-refractivity contribution in [2.24, 2.45) is 5.41 Å². The molecule has 86 valence electrons. The molecule has 1 rings (SSSR count). The molecule has 1 aliphatic heterocycles. The lowest BCUT2D eigenvalue weighted by atomic mass is 9.83. The second-order valence-electron chi connectivity index (χ2n) is 4.68. The number of nitrogens with zero attached hydrogens (tertiary/aromatic N) is 1. The molecule has 1 heterocycles. The monoisotopic (exact) mass is 210 g/mol. The number of carbonyl (C=O) groups is 1. The first kappa shape index (κ1) is 12.2. The summed E-state index contributed by atoms with van der Waals surface area (Å²) < 4.78 is 0. The van der Waals surface area contributed by atoms with Crippen molar-refractivity contribution in [2.75, 3.05) is 26.7 Å². The zero-order valence-electron chi connectivity index (χ0n) is 10.1. The van der Waals surface area contributed by atoms with Crippen LogP contribution in [-0.4, -0.2) is 37.5 Å². The predicted octanol–water partition coefficient (Wildman–Crippen LogP) is 1.41. The van der Waals surface area contributed by atoms with Crippen LogP contribution < -0.4 is 5.32 Å². The summed E-state index contributed by atoms with van der Waals surface area (Å²) in [5.41, 5.74) is 0.868. The fourth-order valence-electron chi connectivity index (χ4n) is 2.26. The van der Waals surface area contributed by atoms with Crippen LogP contribution >= 0.6 is 0 Å². The van der Waals surface area contributed by atoms with Crippen molar-refractivity contribution in [1.29, 1.82) is 0 Å². The minimum Gasteiger partial charge on any atom is -0.341 e. The fraction of sp³-hybridized carbons (Fsp3) is 0.750. The first-order chi connectivity index (χ1) is 7.02. The molecule has 0 aromatic rings. The number of likely N-dealkylation sites (N-methyl/N-ethyl adjacent to an activating group) is 1. The van der Waals surface area contributed by atoms with Crippen molar-refractivity contribution in [2.45, 2.75) is 26.7 Å². The first-order valence-corrected chi connectivity index (χ1v) is 5.62. The Morgan fingerprint density at radius 1 is 1.60 bits per heavy atom. The van der Waals surface area contributed by atoms with Gasteiger partial charge >= 0.3 is 0 Å². The molecule has 1 amide bonds. The highest BCUT2D eigenvalue weighted by atomic mass is 16.2. The maximum atomic E-state index is 12.3. The standard InChI is InChI=1S/C12H22N2O/c1-5-12(6-7-13-9-12)11(15)14(4)8-10(2)3/h13H,2,5-9H2,1,3-4H3. The lowest BCUT2D eigenvalue weighted by Gasteiger charge is -2.30. The van der Waals surface area contributed by atoms with E-state index < -0.39 is 0 Å². The lowest BCUT2D eigenvalue weighted by molar-refractivity contribution is -0.139. The van der Waals surface area contributed by atoms with E-state index in [1.807, 2.05) is 14.0 Å². The van der Waals surface area contributed by atoms with Crippen molar-refractivity contribution in [3.63, 3.8) is 0 Å². The summed E-state index contributed by atoms with van der Waals surface area (Å²) in [5.74, 6) is 0.262. The number of hydrogen-bond donors (Lipinski definition) is 1. The van der Waals surface area contributed by atoms with Crippen LogP contribution in [-0.2, 0) is 4.79 Å². The number of hydrogen-bond acceptors (Lipinski definition) is 2. The molecule has 15 heavy (non-hydrogen) atoms. The highest BCUT2D eigenvalue weighted by Gasteiger charge is 2.40. The molecule has 1 N–H and O–H groups in total. The molecule has 1 fully saturated rings. The zero-order valence-corrected chi connectivity index (χ0v) is 10.1. The van der Waals surface area contributed by atoms with E-state index in [1.165, 1.54) is 0 Å². The quantitative estimate of drug-likeness (QED) is 0.712. The van der Waals surface area contributed by atoms with E-state index in [0.717, 1.165) is 31.5 Å². The summed E-state index contributed by atoms with van der Waals surface area (Å²) in [6.45, 7) is 10.3. The van der Waals surface area contributed by atoms with Gasteiger partial charge in [0.25, 0.3) is 0 Å². The minimum absolute atomic E-state index is 0.162. The Labute approximate surface area is 92.5 Å². The van der Waals surface area contributed by atoms with Gasteiger partial charge in [0.15, 0.2) is 0 Å². The van der Waals surface area contributed by atoms with Crippen LogP contribution in [0.3, 0.4) is 0 Å². The molecule has 0 aliphatic carbocycles. The Morgan fingerprint density at radius 3 is 2.67 bits per heavy atom. The van der Waals surface area contributed by atoms with Crippen LogP contribution in [0.25, 0.3) is 0 Å². The van der Waals surface area contributed by atoms with Gasteiger partial charge in [-0.25, -0.2) is 0 Å². The Balaban J connectivity index is 2.68. The van der Waals surface area contributed by atoms with Gasteiger partial charge in [0, 0.05) is 20.1 Å². The van der Waals surface area contributed by atoms with Gasteiger partial charge in [-0.2, -0.15) is 0 Å². The molecule has 0 saturated carbocycles. The number of nitrogens with one attached hydrogen (secondary N) is 1. The van der Waals surface area contributed by atoms with Crippen molar-refractivity contribution in [1.82, 2.24) is 10.2 Å². The summed E-state index contributed by atoms with van der Waals surface area (Å²) in [6.07, 6.45) is 1.88. The van der Waals surface area contributed by atoms with Gasteiger partial charge in [0.1, 0.15) is 0 Å². The Hall–Kier alpha value is -0.830. The Bertz CT molecular complexity index is 254. The molecule has 0 bridgehead atoms. The highest BCUT2D eigenvalue weighted by molar-refractivity contribution is 5.83. The van der Waals surface area contributed by atoms with Gasteiger partial charge in [-0.05, 0) is 26.3 Å². The molecule has 1 atom stereocenters. The van der Waals surface area contributed by atoms with Crippen molar-refractivity contribution in [3.8, 4) is 0 Å². The normalized spacial score (nSPS) is 25.3. The summed E-state index contributed by atoms with van der Waals surface area (Å²) in [6, 6.07) is 0. The third-order valence-electron chi connectivity index (χ3n) is 3.23. The maximum absolute atomic E-state index is 12.3. The van der Waals surface area contributed by atoms with Crippen LogP contribution in [0.1, 0.15) is 26.7 Å². The maximum Gasteiger partial charge on any atom is 0.230 e. The van der Waals surface area contributed by atoms with Crippen molar-refractivity contribution < 1.29 is 4.79 Å². The molecule has 0 aromatic carbocycles. The summed E-state index contributed by atoms with van der Waals surface area (Å²) >= 11 is 0. The number of amides is 1. The molecule has 1 saturated heterocycles. The van der Waals surface area contributed by atoms with Crippen LogP contribution in [0, 0.1) is 5.41 Å². The summed E-state index contributed by atoms with van der Waals surface area (Å²) in [4.78, 5) is 14.1. The topological polar surface area (TPSA) is 32.3 Å². The van der Waals surface area contributed by atoms with E-state index in [-0.39, 0.29) is 11.3 Å². The van der Waals surface area contributed by atoms with Gasteiger partial charge < -0.3 is 10.2 Å². The van der Waals surface area contributed by atoms with Crippen LogP contribution in [0.5, 0.6) is 0 Å². The van der Waals surface area contributed by atoms with Gasteiger partial charge in [-0.15, -0.1) is 0 Å². The number of carbonyl (C=O) groups excluding carboxylic acids is 1. The molecular weight excluding hydrogens is 188 g/mol. The molecule has 0 radical (unpaired) electrons. The minimum atomic E-state index is -0.162. The van der Waals surface area contributed by atoms with E-state index >= 15 is 0 Å². The smallest absolute Gasteiger partial charge is 0.230 e. The molecule has 0 aromatic heterocycles. The lowest BCUT2D eigenvalue weighted by Crippen LogP contribution is -2.43. The van der Waals surface area contributed by atoms with E-state index in [2.05, 4.69) is 18.8 Å². The summed E-state index contributed by atoms with van der Waals surface area (Å²) in [5, 5.41) is 3.28. The number of rotatable bonds is 4. The van der Waals surface area contributed by atoms with Crippen molar-refractivity contribution >= 4 is 5.91 Å². The molecular formula is C12H22N2O. The first-order valence-electron chi connectivity index (χ1n) is 5.62. The molecule has 0 spiro atoms. The Morgan fingerprint density at radius 2 is 2.27 bits per heavy atom. The van der Waals surface area contributed by atoms with E-state index in [4.69, 9.17) is 0 Å². The summed E-state index contributed by atoms with van der Waals surface area (Å²) in [7, 11) is 1.87. The molecule has 3 nitrogen and oxygen atoms in total. The third-order valence-corrected chi connectivity index (χ3v) is 3.23. The zero-order chi connectivity index (χ0) is 11.5. The second kappa shape index (κ2) is 4.79. The van der Waals surface area contributed by atoms with Gasteiger partial charge in [-0.1, -0.05) is 19.1 Å². The fourth-order valence-corrected chi connectivity index (χ4v) is 2.26. The van der Waals surface area contributed by atoms with Crippen LogP contribution in [0.2, 0.25) is 0 Å². The largest absolute Gasteiger partial charge is 0.341 e. The Kier molecular flexibility index (Phi) is 3.91. The van der Waals surface area contributed by atoms with Crippen LogP contribution in [0.4, 0.5) is 0 Å². The van der Waals surface area contributed by atoms with Crippen molar-refractivity contribution in [3.05, 3.63) is 12.2 Å². The SMILES string of the molecule is C=C(C)CN(C)C(=O)C1(CC)CCNC1. The predicted molar refractivity (Wildman–Crippen MR) is 62.7 cm³/mol. The average Bonchev–Trinajstić information content (AvgIpc) is 2.65. The average molecular weight is 210 g/mol. The van der Waals surface area contributed by atoms with E-state index in [1.54, 1.807) is 4.90 Å². The molecule has 1 unspecified atom stereocenters. The molecule has 3 heteroatoms. The van der Waals surface area contributed by atoms with E-state index in [9.17, 15) is 4.79 Å². The third kappa shape index (κ3) is 2.59.